The molecule has 0 aromatic carbocycles. The third-order valence-corrected chi connectivity index (χ3v) is 4.99. The molecule has 1 aliphatic heterocycles. The summed E-state index contributed by atoms with van der Waals surface area (Å²) in [5, 5.41) is 0. The van der Waals surface area contributed by atoms with Crippen molar-refractivity contribution in [3.8, 4) is 0 Å². The van der Waals surface area contributed by atoms with Gasteiger partial charge in [0, 0.05) is 23.4 Å². The predicted molar refractivity (Wildman–Crippen MR) is 69.1 cm³/mol. The van der Waals surface area contributed by atoms with Crippen LogP contribution in [0.1, 0.15) is 36.2 Å². The molecule has 0 bridgehead atoms. The standard InChI is InChI=1S/C12H18ClNOS/c1-3-9-8(4-5-15-9)11(14)10-6-7(2)12(13)16-10/h6,8-9,11H,3-5,14H2,1-2H3. The number of nitrogens with two attached hydrogens (primary N) is 1. The molecule has 0 amide bonds. The molecule has 4 heteroatoms. The maximum Gasteiger partial charge on any atom is 0.0960 e. The molecule has 0 aliphatic carbocycles. The lowest BCUT2D eigenvalue weighted by molar-refractivity contribution is 0.0816. The van der Waals surface area contributed by atoms with Crippen LogP contribution in [0.15, 0.2) is 6.07 Å². The Kier molecular flexibility index (Phi) is 3.90. The van der Waals surface area contributed by atoms with Crippen molar-refractivity contribution >= 4 is 22.9 Å². The van der Waals surface area contributed by atoms with Gasteiger partial charge in [-0.05, 0) is 31.4 Å². The Hall–Kier alpha value is -0.0900. The lowest BCUT2D eigenvalue weighted by atomic mass is 9.91. The van der Waals surface area contributed by atoms with Crippen LogP contribution >= 0.6 is 22.9 Å². The van der Waals surface area contributed by atoms with Gasteiger partial charge in [-0.2, -0.15) is 0 Å². The smallest absolute Gasteiger partial charge is 0.0960 e. The van der Waals surface area contributed by atoms with E-state index in [0.717, 1.165) is 29.3 Å². The topological polar surface area (TPSA) is 35.2 Å². The second-order valence-corrected chi connectivity index (χ2v) is 6.09. The van der Waals surface area contributed by atoms with Crippen LogP contribution in [0.5, 0.6) is 0 Å². The van der Waals surface area contributed by atoms with Crippen molar-refractivity contribution in [1.82, 2.24) is 0 Å². The molecule has 1 saturated heterocycles. The monoisotopic (exact) mass is 259 g/mol. The zero-order valence-corrected chi connectivity index (χ0v) is 11.3. The summed E-state index contributed by atoms with van der Waals surface area (Å²) in [6.45, 7) is 5.02. The molecule has 1 aromatic heterocycles. The van der Waals surface area contributed by atoms with Gasteiger partial charge < -0.3 is 10.5 Å². The Morgan fingerprint density at radius 3 is 3.00 bits per heavy atom. The van der Waals surface area contributed by atoms with E-state index < -0.39 is 0 Å². The van der Waals surface area contributed by atoms with Gasteiger partial charge in [0.1, 0.15) is 0 Å². The van der Waals surface area contributed by atoms with E-state index in [1.54, 1.807) is 11.3 Å². The first-order valence-corrected chi connectivity index (χ1v) is 6.96. The normalized spacial score (nSPS) is 27.2. The largest absolute Gasteiger partial charge is 0.378 e. The van der Waals surface area contributed by atoms with Gasteiger partial charge in [0.2, 0.25) is 0 Å². The highest BCUT2D eigenvalue weighted by atomic mass is 35.5. The van der Waals surface area contributed by atoms with Crippen molar-refractivity contribution in [2.45, 2.75) is 38.8 Å². The van der Waals surface area contributed by atoms with E-state index >= 15 is 0 Å². The Labute approximate surface area is 106 Å². The van der Waals surface area contributed by atoms with Crippen LogP contribution in [-0.4, -0.2) is 12.7 Å². The summed E-state index contributed by atoms with van der Waals surface area (Å²) in [6, 6.07) is 2.19. The van der Waals surface area contributed by atoms with Gasteiger partial charge in [0.05, 0.1) is 10.4 Å². The van der Waals surface area contributed by atoms with Crippen LogP contribution < -0.4 is 5.73 Å². The van der Waals surface area contributed by atoms with Crippen molar-refractivity contribution in [2.75, 3.05) is 6.61 Å². The molecule has 2 rings (SSSR count). The number of rotatable bonds is 3. The molecule has 0 saturated carbocycles. The van der Waals surface area contributed by atoms with Crippen LogP contribution in [0.2, 0.25) is 4.34 Å². The van der Waals surface area contributed by atoms with Crippen molar-refractivity contribution in [3.63, 3.8) is 0 Å². The fourth-order valence-electron chi connectivity index (χ4n) is 2.36. The number of halogens is 1. The number of aryl methyl sites for hydroxylation is 1. The molecule has 2 heterocycles. The SMILES string of the molecule is CCC1OCCC1C(N)c1cc(C)c(Cl)s1. The summed E-state index contributed by atoms with van der Waals surface area (Å²) in [7, 11) is 0. The quantitative estimate of drug-likeness (QED) is 0.901. The molecule has 1 aliphatic rings. The van der Waals surface area contributed by atoms with Crippen molar-refractivity contribution in [1.29, 1.82) is 0 Å². The Bertz CT molecular complexity index is 346. The first-order valence-electron chi connectivity index (χ1n) is 5.76. The first kappa shape index (κ1) is 12.4. The highest BCUT2D eigenvalue weighted by Gasteiger charge is 2.33. The Morgan fingerprint density at radius 1 is 1.69 bits per heavy atom. The van der Waals surface area contributed by atoms with Gasteiger partial charge >= 0.3 is 0 Å². The molecular weight excluding hydrogens is 242 g/mol. The van der Waals surface area contributed by atoms with E-state index in [-0.39, 0.29) is 6.04 Å². The fourth-order valence-corrected chi connectivity index (χ4v) is 3.65. The van der Waals surface area contributed by atoms with E-state index in [4.69, 9.17) is 22.1 Å². The van der Waals surface area contributed by atoms with Crippen LogP contribution in [0, 0.1) is 12.8 Å². The second kappa shape index (κ2) is 5.05. The molecule has 1 fully saturated rings. The van der Waals surface area contributed by atoms with Crippen molar-refractivity contribution < 1.29 is 4.74 Å². The summed E-state index contributed by atoms with van der Waals surface area (Å²) in [6.07, 6.45) is 2.42. The molecule has 2 N–H and O–H groups in total. The minimum absolute atomic E-state index is 0.0728. The zero-order valence-electron chi connectivity index (χ0n) is 9.70. The molecule has 0 radical (unpaired) electrons. The molecule has 1 aromatic rings. The molecule has 3 atom stereocenters. The van der Waals surface area contributed by atoms with Crippen LogP contribution in [0.4, 0.5) is 0 Å². The highest BCUT2D eigenvalue weighted by molar-refractivity contribution is 7.16. The third-order valence-electron chi connectivity index (χ3n) is 3.33. The van der Waals surface area contributed by atoms with Crippen LogP contribution in [-0.2, 0) is 4.74 Å². The van der Waals surface area contributed by atoms with Gasteiger partial charge in [-0.15, -0.1) is 11.3 Å². The number of ether oxygens (including phenoxy) is 1. The van der Waals surface area contributed by atoms with E-state index in [1.165, 1.54) is 4.88 Å². The number of hydrogen-bond donors (Lipinski definition) is 1. The summed E-state index contributed by atoms with van der Waals surface area (Å²) >= 11 is 7.69. The average Bonchev–Trinajstić information content (AvgIpc) is 2.85. The summed E-state index contributed by atoms with van der Waals surface area (Å²) in [5.74, 6) is 0.444. The number of thiophene rings is 1. The molecule has 16 heavy (non-hydrogen) atoms. The lowest BCUT2D eigenvalue weighted by Crippen LogP contribution is -2.27. The Balaban J connectivity index is 2.14. The van der Waals surface area contributed by atoms with Gasteiger partial charge in [-0.25, -0.2) is 0 Å². The summed E-state index contributed by atoms with van der Waals surface area (Å²) in [4.78, 5) is 1.19. The van der Waals surface area contributed by atoms with Crippen LogP contribution in [0.3, 0.4) is 0 Å². The van der Waals surface area contributed by atoms with Gasteiger partial charge in [0.15, 0.2) is 0 Å². The van der Waals surface area contributed by atoms with E-state index in [2.05, 4.69) is 13.0 Å². The molecule has 3 unspecified atom stereocenters. The number of hydrogen-bond acceptors (Lipinski definition) is 3. The maximum absolute atomic E-state index is 6.32. The highest BCUT2D eigenvalue weighted by Crippen LogP contribution is 2.38. The minimum atomic E-state index is 0.0728. The van der Waals surface area contributed by atoms with Crippen molar-refractivity contribution in [2.24, 2.45) is 11.7 Å². The zero-order chi connectivity index (χ0) is 11.7. The second-order valence-electron chi connectivity index (χ2n) is 4.40. The van der Waals surface area contributed by atoms with Gasteiger partial charge in [-0.3, -0.25) is 0 Å². The van der Waals surface area contributed by atoms with Gasteiger partial charge in [-0.1, -0.05) is 18.5 Å². The molecular formula is C12H18ClNOS. The summed E-state index contributed by atoms with van der Waals surface area (Å²) in [5.41, 5.74) is 7.45. The molecule has 2 nitrogen and oxygen atoms in total. The minimum Gasteiger partial charge on any atom is -0.378 e. The molecule has 0 spiro atoms. The van der Waals surface area contributed by atoms with Crippen molar-refractivity contribution in [3.05, 3.63) is 20.8 Å². The summed E-state index contributed by atoms with van der Waals surface area (Å²) < 4.78 is 6.54. The predicted octanol–water partition coefficient (Wildman–Crippen LogP) is 3.52. The first-order chi connectivity index (χ1) is 7.63. The average molecular weight is 260 g/mol. The fraction of sp³-hybridized carbons (Fsp3) is 0.667. The molecule has 90 valence electrons. The lowest BCUT2D eigenvalue weighted by Gasteiger charge is -2.22. The van der Waals surface area contributed by atoms with Crippen LogP contribution in [0.25, 0.3) is 0 Å². The Morgan fingerprint density at radius 2 is 2.44 bits per heavy atom. The van der Waals surface area contributed by atoms with E-state index in [1.807, 2.05) is 6.92 Å². The maximum atomic E-state index is 6.32. The van der Waals surface area contributed by atoms with E-state index in [9.17, 15) is 0 Å². The van der Waals surface area contributed by atoms with E-state index in [0.29, 0.717) is 12.0 Å². The third kappa shape index (κ3) is 2.28. The van der Waals surface area contributed by atoms with Gasteiger partial charge in [0.25, 0.3) is 0 Å².